The molecule has 0 amide bonds. The minimum absolute atomic E-state index is 0.173. The second-order valence-corrected chi connectivity index (χ2v) is 5.09. The summed E-state index contributed by atoms with van der Waals surface area (Å²) in [6, 6.07) is 1.68. The van der Waals surface area contributed by atoms with Crippen molar-refractivity contribution in [2.75, 3.05) is 7.11 Å². The van der Waals surface area contributed by atoms with Gasteiger partial charge in [-0.15, -0.1) is 5.10 Å². The van der Waals surface area contributed by atoms with Gasteiger partial charge in [0.2, 0.25) is 11.7 Å². The van der Waals surface area contributed by atoms with E-state index in [9.17, 15) is 4.39 Å². The van der Waals surface area contributed by atoms with Crippen LogP contribution in [-0.4, -0.2) is 42.5 Å². The van der Waals surface area contributed by atoms with Crippen molar-refractivity contribution in [2.45, 2.75) is 0 Å². The predicted octanol–water partition coefficient (Wildman–Crippen LogP) is 2.54. The van der Waals surface area contributed by atoms with E-state index in [0.29, 0.717) is 27.3 Å². The SMILES string of the molecule is COc1nc2c(-c3cn[nH]c3)c(-c3n[nH]c(F)n3)[nH]c2cc1Cl. The number of hydrogen-bond donors (Lipinski definition) is 3. The van der Waals surface area contributed by atoms with Gasteiger partial charge < -0.3 is 9.72 Å². The first-order valence-corrected chi connectivity index (χ1v) is 6.89. The van der Waals surface area contributed by atoms with E-state index in [1.165, 1.54) is 7.11 Å². The highest BCUT2D eigenvalue weighted by molar-refractivity contribution is 6.32. The molecule has 23 heavy (non-hydrogen) atoms. The second-order valence-electron chi connectivity index (χ2n) is 4.69. The van der Waals surface area contributed by atoms with Gasteiger partial charge in [0.05, 0.1) is 24.5 Å². The molecular formula is C13H9ClFN7O. The van der Waals surface area contributed by atoms with Crippen LogP contribution < -0.4 is 4.74 Å². The van der Waals surface area contributed by atoms with Crippen molar-refractivity contribution in [3.63, 3.8) is 0 Å². The molecule has 0 atom stereocenters. The van der Waals surface area contributed by atoms with Crippen LogP contribution in [0.2, 0.25) is 5.02 Å². The predicted molar refractivity (Wildman–Crippen MR) is 80.6 cm³/mol. The van der Waals surface area contributed by atoms with E-state index in [-0.39, 0.29) is 11.7 Å². The van der Waals surface area contributed by atoms with Crippen molar-refractivity contribution in [1.29, 1.82) is 0 Å². The van der Waals surface area contributed by atoms with Gasteiger partial charge in [-0.1, -0.05) is 11.6 Å². The average Bonchev–Trinajstić information content (AvgIpc) is 3.24. The molecule has 0 bridgehead atoms. The zero-order chi connectivity index (χ0) is 16.0. The summed E-state index contributed by atoms with van der Waals surface area (Å²) in [7, 11) is 1.48. The molecule has 116 valence electrons. The van der Waals surface area contributed by atoms with Crippen LogP contribution in [0, 0.1) is 6.08 Å². The molecule has 0 saturated carbocycles. The maximum absolute atomic E-state index is 13.2. The number of nitrogens with zero attached hydrogens (tertiary/aromatic N) is 4. The molecule has 0 unspecified atom stereocenters. The van der Waals surface area contributed by atoms with Gasteiger partial charge in [-0.2, -0.15) is 14.5 Å². The van der Waals surface area contributed by atoms with Crippen LogP contribution in [0.4, 0.5) is 4.39 Å². The normalized spacial score (nSPS) is 11.3. The lowest BCUT2D eigenvalue weighted by Gasteiger charge is -2.02. The Labute approximate surface area is 133 Å². The van der Waals surface area contributed by atoms with E-state index in [1.54, 1.807) is 18.5 Å². The number of methoxy groups -OCH3 is 1. The molecule has 0 aliphatic rings. The number of H-pyrrole nitrogens is 3. The number of nitrogens with one attached hydrogen (secondary N) is 3. The third-order valence-corrected chi connectivity index (χ3v) is 3.62. The molecule has 0 spiro atoms. The first-order valence-electron chi connectivity index (χ1n) is 6.51. The second kappa shape index (κ2) is 5.06. The topological polar surface area (TPSA) is 108 Å². The van der Waals surface area contributed by atoms with E-state index in [2.05, 4.69) is 35.3 Å². The van der Waals surface area contributed by atoms with Gasteiger partial charge in [0.15, 0.2) is 0 Å². The van der Waals surface area contributed by atoms with Gasteiger partial charge in [0.1, 0.15) is 10.5 Å². The fraction of sp³-hybridized carbons (Fsp3) is 0.0769. The smallest absolute Gasteiger partial charge is 0.305 e. The van der Waals surface area contributed by atoms with Gasteiger partial charge in [0.25, 0.3) is 0 Å². The summed E-state index contributed by atoms with van der Waals surface area (Å²) in [6.07, 6.45) is 2.54. The fourth-order valence-corrected chi connectivity index (χ4v) is 2.64. The number of rotatable bonds is 3. The number of pyridine rings is 1. The third-order valence-electron chi connectivity index (χ3n) is 3.35. The summed E-state index contributed by atoms with van der Waals surface area (Å²) in [5.74, 6) is 0.461. The molecule has 0 aromatic carbocycles. The minimum Gasteiger partial charge on any atom is -0.480 e. The summed E-state index contributed by atoms with van der Waals surface area (Å²) >= 11 is 6.12. The zero-order valence-electron chi connectivity index (χ0n) is 11.7. The summed E-state index contributed by atoms with van der Waals surface area (Å²) in [5.41, 5.74) is 3.15. The van der Waals surface area contributed by atoms with Crippen LogP contribution in [-0.2, 0) is 0 Å². The molecular weight excluding hydrogens is 325 g/mol. The van der Waals surface area contributed by atoms with Gasteiger partial charge in [0, 0.05) is 17.3 Å². The molecule has 0 saturated heterocycles. The maximum Gasteiger partial charge on any atom is 0.305 e. The number of ether oxygens (including phenoxy) is 1. The summed E-state index contributed by atoms with van der Waals surface area (Å²) in [5, 5.41) is 13.1. The van der Waals surface area contributed by atoms with Crippen molar-refractivity contribution in [2.24, 2.45) is 0 Å². The van der Waals surface area contributed by atoms with Crippen LogP contribution in [0.25, 0.3) is 33.7 Å². The van der Waals surface area contributed by atoms with Crippen LogP contribution in [0.1, 0.15) is 0 Å². The Morgan fingerprint density at radius 1 is 1.30 bits per heavy atom. The van der Waals surface area contributed by atoms with Crippen molar-refractivity contribution in [1.82, 2.24) is 35.3 Å². The standard InChI is InChI=1S/C13H9ClFN7O/c1-23-12-6(14)2-7-9(19-12)8(5-3-16-17-4-5)10(18-7)11-20-13(15)22-21-11/h2-4,18H,1H3,(H,16,17)(H,20,21,22). The molecule has 3 N–H and O–H groups in total. The Bertz CT molecular complexity index is 992. The lowest BCUT2D eigenvalue weighted by atomic mass is 10.1. The molecule has 4 aromatic heterocycles. The van der Waals surface area contributed by atoms with Crippen molar-refractivity contribution in [3.8, 4) is 28.5 Å². The van der Waals surface area contributed by atoms with Crippen LogP contribution in [0.3, 0.4) is 0 Å². The highest BCUT2D eigenvalue weighted by Crippen LogP contribution is 2.38. The Kier molecular flexibility index (Phi) is 3.01. The van der Waals surface area contributed by atoms with Gasteiger partial charge in [-0.3, -0.25) is 5.10 Å². The number of halogens is 2. The quantitative estimate of drug-likeness (QED) is 0.534. The summed E-state index contributed by atoms with van der Waals surface area (Å²) in [4.78, 5) is 11.3. The number of aromatic nitrogens is 7. The average molecular weight is 334 g/mol. The highest BCUT2D eigenvalue weighted by Gasteiger charge is 2.21. The van der Waals surface area contributed by atoms with E-state index in [4.69, 9.17) is 16.3 Å². The van der Waals surface area contributed by atoms with Crippen LogP contribution in [0.5, 0.6) is 5.88 Å². The van der Waals surface area contributed by atoms with Crippen molar-refractivity contribution >= 4 is 22.6 Å². The highest BCUT2D eigenvalue weighted by atomic mass is 35.5. The van der Waals surface area contributed by atoms with Gasteiger partial charge in [-0.05, 0) is 6.07 Å². The molecule has 0 aliphatic carbocycles. The Balaban J connectivity index is 2.07. The van der Waals surface area contributed by atoms with Crippen molar-refractivity contribution < 1.29 is 9.13 Å². The number of fused-ring (bicyclic) bond motifs is 1. The molecule has 4 heterocycles. The molecule has 4 aromatic rings. The lowest BCUT2D eigenvalue weighted by Crippen LogP contribution is -1.89. The molecule has 0 radical (unpaired) electrons. The first kappa shape index (κ1) is 13.7. The first-order chi connectivity index (χ1) is 11.2. The molecule has 8 nitrogen and oxygen atoms in total. The van der Waals surface area contributed by atoms with E-state index < -0.39 is 6.08 Å². The summed E-state index contributed by atoms with van der Waals surface area (Å²) < 4.78 is 18.4. The maximum atomic E-state index is 13.2. The van der Waals surface area contributed by atoms with Crippen LogP contribution in [0.15, 0.2) is 18.5 Å². The Hall–Kier alpha value is -2.94. The molecule has 4 rings (SSSR count). The third kappa shape index (κ3) is 2.13. The molecule has 0 fully saturated rings. The van der Waals surface area contributed by atoms with E-state index >= 15 is 0 Å². The molecule has 10 heteroatoms. The van der Waals surface area contributed by atoms with E-state index in [0.717, 1.165) is 5.56 Å². The number of aromatic amines is 3. The van der Waals surface area contributed by atoms with Gasteiger partial charge >= 0.3 is 6.08 Å². The zero-order valence-corrected chi connectivity index (χ0v) is 12.4. The Morgan fingerprint density at radius 2 is 2.17 bits per heavy atom. The lowest BCUT2D eigenvalue weighted by molar-refractivity contribution is 0.400. The van der Waals surface area contributed by atoms with Gasteiger partial charge in [-0.25, -0.2) is 10.1 Å². The largest absolute Gasteiger partial charge is 0.480 e. The Morgan fingerprint density at radius 3 is 2.83 bits per heavy atom. The van der Waals surface area contributed by atoms with Crippen molar-refractivity contribution in [3.05, 3.63) is 29.6 Å². The van der Waals surface area contributed by atoms with Crippen LogP contribution >= 0.6 is 11.6 Å². The molecule has 0 aliphatic heterocycles. The fourth-order valence-electron chi connectivity index (χ4n) is 2.41. The summed E-state index contributed by atoms with van der Waals surface area (Å²) in [6.45, 7) is 0. The number of hydrogen-bond acceptors (Lipinski definition) is 5. The minimum atomic E-state index is -0.777. The van der Waals surface area contributed by atoms with E-state index in [1.807, 2.05) is 0 Å². The monoisotopic (exact) mass is 333 g/mol.